The van der Waals surface area contributed by atoms with Crippen molar-refractivity contribution in [1.82, 2.24) is 19.3 Å². The third-order valence-electron chi connectivity index (χ3n) is 5.31. The third kappa shape index (κ3) is 4.93. The summed E-state index contributed by atoms with van der Waals surface area (Å²) in [5, 5.41) is 5.62. The predicted octanol–water partition coefficient (Wildman–Crippen LogP) is 4.57. The van der Waals surface area contributed by atoms with E-state index in [2.05, 4.69) is 43.1 Å². The summed E-state index contributed by atoms with van der Waals surface area (Å²) < 4.78 is 4.58. The van der Waals surface area contributed by atoms with E-state index < -0.39 is 0 Å². The van der Waals surface area contributed by atoms with Crippen LogP contribution in [0.15, 0.2) is 79.1 Å². The van der Waals surface area contributed by atoms with Crippen LogP contribution >= 0.6 is 23.8 Å². The highest BCUT2D eigenvalue weighted by Gasteiger charge is 2.20. The van der Waals surface area contributed by atoms with Gasteiger partial charge in [-0.15, -0.1) is 5.10 Å². The molecule has 2 aromatic carbocycles. The molecule has 0 fully saturated rings. The smallest absolute Gasteiger partial charge is 0.207 e. The molecule has 0 aliphatic carbocycles. The van der Waals surface area contributed by atoms with Crippen molar-refractivity contribution in [2.45, 2.75) is 33.1 Å². The van der Waals surface area contributed by atoms with Crippen molar-refractivity contribution < 1.29 is 4.90 Å². The lowest BCUT2D eigenvalue weighted by atomic mass is 10.2. The molecule has 2 aromatic heterocycles. The molecule has 0 aliphatic heterocycles. The van der Waals surface area contributed by atoms with Crippen LogP contribution < -0.4 is 4.90 Å². The first-order valence-corrected chi connectivity index (χ1v) is 11.1. The van der Waals surface area contributed by atoms with Crippen molar-refractivity contribution in [3.05, 3.63) is 94.5 Å². The van der Waals surface area contributed by atoms with Gasteiger partial charge in [0, 0.05) is 28.5 Å². The maximum atomic E-state index is 6.11. The molecule has 4 rings (SSSR count). The van der Waals surface area contributed by atoms with Crippen molar-refractivity contribution in [1.29, 1.82) is 0 Å². The van der Waals surface area contributed by atoms with Crippen LogP contribution in [0.2, 0.25) is 5.02 Å². The average molecular weight is 451 g/mol. The quantitative estimate of drug-likeness (QED) is 0.419. The number of benzene rings is 2. The second-order valence-electron chi connectivity index (χ2n) is 7.79. The number of pyridine rings is 1. The summed E-state index contributed by atoms with van der Waals surface area (Å²) in [4.78, 5) is 5.52. The highest BCUT2D eigenvalue weighted by Crippen LogP contribution is 2.23. The SMILES string of the molecule is CC(C)[NH+](Cc1ccccc1)Cn1nc(-c2ccncc2)n(-c2ccc(Cl)cc2)c1=S. The van der Waals surface area contributed by atoms with Gasteiger partial charge in [-0.25, -0.2) is 0 Å². The predicted molar refractivity (Wildman–Crippen MR) is 127 cm³/mol. The molecule has 0 saturated heterocycles. The van der Waals surface area contributed by atoms with Crippen LogP contribution in [-0.2, 0) is 13.2 Å². The standard InChI is InChI=1S/C24H24ClN5S/c1-18(2)28(16-19-6-4-3-5-7-19)17-29-24(31)30(22-10-8-21(25)9-11-22)23(27-29)20-12-14-26-15-13-20/h3-15,18H,16-17H2,1-2H3/p+1. The van der Waals surface area contributed by atoms with E-state index in [1.165, 1.54) is 10.5 Å². The molecule has 4 aromatic rings. The van der Waals surface area contributed by atoms with Crippen LogP contribution in [0.4, 0.5) is 0 Å². The molecule has 1 unspecified atom stereocenters. The minimum atomic E-state index is 0.409. The van der Waals surface area contributed by atoms with Crippen LogP contribution in [0.5, 0.6) is 0 Å². The van der Waals surface area contributed by atoms with E-state index in [9.17, 15) is 0 Å². The summed E-state index contributed by atoms with van der Waals surface area (Å²) in [6, 6.07) is 22.5. The number of rotatable bonds is 7. The number of nitrogens with zero attached hydrogens (tertiary/aromatic N) is 4. The zero-order chi connectivity index (χ0) is 21.8. The highest BCUT2D eigenvalue weighted by atomic mass is 35.5. The Balaban J connectivity index is 1.76. The molecule has 0 aliphatic rings. The first kappa shape index (κ1) is 21.4. The third-order valence-corrected chi connectivity index (χ3v) is 5.95. The molecule has 158 valence electrons. The van der Waals surface area contributed by atoms with Gasteiger partial charge >= 0.3 is 0 Å². The Kier molecular flexibility index (Phi) is 6.61. The molecule has 0 spiro atoms. The molecule has 1 N–H and O–H groups in total. The zero-order valence-electron chi connectivity index (χ0n) is 17.6. The minimum absolute atomic E-state index is 0.409. The van der Waals surface area contributed by atoms with E-state index in [1.54, 1.807) is 12.4 Å². The van der Waals surface area contributed by atoms with Gasteiger partial charge in [0.05, 0.1) is 11.7 Å². The van der Waals surface area contributed by atoms with E-state index in [1.807, 2.05) is 51.7 Å². The summed E-state index contributed by atoms with van der Waals surface area (Å²) in [7, 11) is 0. The summed E-state index contributed by atoms with van der Waals surface area (Å²) in [6.07, 6.45) is 3.54. The molecular formula is C24H25ClN5S+. The molecule has 0 bridgehead atoms. The maximum Gasteiger partial charge on any atom is 0.207 e. The number of aromatic nitrogens is 4. The van der Waals surface area contributed by atoms with E-state index in [4.69, 9.17) is 28.9 Å². The zero-order valence-corrected chi connectivity index (χ0v) is 19.1. The highest BCUT2D eigenvalue weighted by molar-refractivity contribution is 7.71. The molecular weight excluding hydrogens is 426 g/mol. The van der Waals surface area contributed by atoms with Crippen LogP contribution in [0, 0.1) is 4.77 Å². The molecule has 1 atom stereocenters. The number of nitrogens with one attached hydrogen (secondary N) is 1. The summed E-state index contributed by atoms with van der Waals surface area (Å²) in [5.41, 5.74) is 3.19. The van der Waals surface area contributed by atoms with Crippen molar-refractivity contribution >= 4 is 23.8 Å². The number of quaternary nitrogens is 1. The molecule has 0 radical (unpaired) electrons. The summed E-state index contributed by atoms with van der Waals surface area (Å²) in [5.74, 6) is 0.789. The molecule has 5 nitrogen and oxygen atoms in total. The van der Waals surface area contributed by atoms with Crippen LogP contribution in [0.3, 0.4) is 0 Å². The van der Waals surface area contributed by atoms with Gasteiger partial charge in [0.1, 0.15) is 6.54 Å². The molecule has 0 amide bonds. The lowest BCUT2D eigenvalue weighted by Gasteiger charge is -2.23. The molecule has 2 heterocycles. The van der Waals surface area contributed by atoms with Crippen molar-refractivity contribution in [2.24, 2.45) is 0 Å². The maximum absolute atomic E-state index is 6.11. The number of halogens is 1. The van der Waals surface area contributed by atoms with Crippen LogP contribution in [0.25, 0.3) is 17.1 Å². The Hall–Kier alpha value is -2.80. The Labute approximate surface area is 192 Å². The Morgan fingerprint density at radius 1 is 0.968 bits per heavy atom. The number of hydrogen-bond acceptors (Lipinski definition) is 3. The van der Waals surface area contributed by atoms with E-state index in [-0.39, 0.29) is 0 Å². The monoisotopic (exact) mass is 450 g/mol. The summed E-state index contributed by atoms with van der Waals surface area (Å²) >= 11 is 12.0. The van der Waals surface area contributed by atoms with Gasteiger partial charge in [-0.1, -0.05) is 41.9 Å². The van der Waals surface area contributed by atoms with Gasteiger partial charge < -0.3 is 4.90 Å². The lowest BCUT2D eigenvalue weighted by Crippen LogP contribution is -3.13. The minimum Gasteiger partial charge on any atom is -0.311 e. The first-order valence-electron chi connectivity index (χ1n) is 10.3. The van der Waals surface area contributed by atoms with Crippen molar-refractivity contribution in [2.75, 3.05) is 0 Å². The second kappa shape index (κ2) is 9.56. The van der Waals surface area contributed by atoms with Gasteiger partial charge in [-0.3, -0.25) is 9.55 Å². The fourth-order valence-electron chi connectivity index (χ4n) is 3.51. The van der Waals surface area contributed by atoms with Gasteiger partial charge in [-0.2, -0.15) is 4.68 Å². The fourth-order valence-corrected chi connectivity index (χ4v) is 3.94. The molecule has 7 heteroatoms. The molecule has 31 heavy (non-hydrogen) atoms. The van der Waals surface area contributed by atoms with Gasteiger partial charge in [0.25, 0.3) is 0 Å². The Morgan fingerprint density at radius 2 is 1.65 bits per heavy atom. The van der Waals surface area contributed by atoms with E-state index >= 15 is 0 Å². The van der Waals surface area contributed by atoms with E-state index in [0.29, 0.717) is 22.5 Å². The Morgan fingerprint density at radius 3 is 2.29 bits per heavy atom. The molecule has 0 saturated carbocycles. The number of hydrogen-bond donors (Lipinski definition) is 1. The van der Waals surface area contributed by atoms with Gasteiger partial charge in [0.2, 0.25) is 4.77 Å². The lowest BCUT2D eigenvalue weighted by molar-refractivity contribution is -0.957. The van der Waals surface area contributed by atoms with Crippen molar-refractivity contribution in [3.63, 3.8) is 0 Å². The van der Waals surface area contributed by atoms with Gasteiger partial charge in [0.15, 0.2) is 12.5 Å². The average Bonchev–Trinajstić information content (AvgIpc) is 3.11. The summed E-state index contributed by atoms with van der Waals surface area (Å²) in [6.45, 7) is 6.02. The van der Waals surface area contributed by atoms with Crippen LogP contribution in [-0.4, -0.2) is 25.4 Å². The van der Waals surface area contributed by atoms with Gasteiger partial charge in [-0.05, 0) is 62.5 Å². The van der Waals surface area contributed by atoms with Crippen LogP contribution in [0.1, 0.15) is 19.4 Å². The first-order chi connectivity index (χ1) is 15.0. The second-order valence-corrected chi connectivity index (χ2v) is 8.59. The Bertz CT molecular complexity index is 1180. The van der Waals surface area contributed by atoms with Crippen molar-refractivity contribution in [3.8, 4) is 17.1 Å². The van der Waals surface area contributed by atoms with E-state index in [0.717, 1.165) is 23.6 Å². The normalized spacial score (nSPS) is 12.3. The fraction of sp³-hybridized carbons (Fsp3) is 0.208. The topological polar surface area (TPSA) is 40.1 Å². The largest absolute Gasteiger partial charge is 0.311 e.